The van der Waals surface area contributed by atoms with Gasteiger partial charge < -0.3 is 4.74 Å². The highest BCUT2D eigenvalue weighted by Crippen LogP contribution is 2.08. The van der Waals surface area contributed by atoms with Gasteiger partial charge in [-0.05, 0) is 19.5 Å². The molecule has 1 aromatic rings. The van der Waals surface area contributed by atoms with Crippen molar-refractivity contribution in [3.63, 3.8) is 0 Å². The highest BCUT2D eigenvalue weighted by atomic mass is 16.5. The van der Waals surface area contributed by atoms with Crippen molar-refractivity contribution < 1.29 is 9.53 Å². The Hall–Kier alpha value is -1.35. The Balaban J connectivity index is 2.46. The number of carbonyl (C=O) groups excluding carboxylic acids is 1. The van der Waals surface area contributed by atoms with E-state index < -0.39 is 0 Å². The smallest absolute Gasteiger partial charge is 0.307 e. The van der Waals surface area contributed by atoms with Crippen LogP contribution in [0.2, 0.25) is 0 Å². The summed E-state index contributed by atoms with van der Waals surface area (Å²) in [5.74, 6) is -0.160. The molecular weight excluding hydrogens is 202 g/mol. The summed E-state index contributed by atoms with van der Waals surface area (Å²) in [5.41, 5.74) is 1.25. The Morgan fingerprint density at radius 2 is 2.00 bits per heavy atom. The van der Waals surface area contributed by atoms with Crippen LogP contribution in [0.1, 0.15) is 18.9 Å². The molecule has 0 fully saturated rings. The third-order valence-corrected chi connectivity index (χ3v) is 2.72. The lowest BCUT2D eigenvalue weighted by atomic mass is 10.1. The number of nitrogens with zero attached hydrogens (tertiary/aromatic N) is 1. The van der Waals surface area contributed by atoms with Crippen molar-refractivity contribution in [2.45, 2.75) is 25.9 Å². The van der Waals surface area contributed by atoms with Crippen molar-refractivity contribution in [3.8, 4) is 0 Å². The quantitative estimate of drug-likeness (QED) is 0.713. The lowest BCUT2D eigenvalue weighted by Gasteiger charge is -2.23. The van der Waals surface area contributed by atoms with E-state index >= 15 is 0 Å². The first-order chi connectivity index (χ1) is 7.63. The molecule has 0 aromatic heterocycles. The fraction of sp³-hybridized carbons (Fsp3) is 0.462. The second-order valence-electron chi connectivity index (χ2n) is 4.03. The Kier molecular flexibility index (Phi) is 4.99. The third-order valence-electron chi connectivity index (χ3n) is 2.72. The molecule has 0 aliphatic rings. The van der Waals surface area contributed by atoms with Crippen molar-refractivity contribution in [2.24, 2.45) is 0 Å². The van der Waals surface area contributed by atoms with Crippen molar-refractivity contribution in [3.05, 3.63) is 35.9 Å². The van der Waals surface area contributed by atoms with Gasteiger partial charge >= 0.3 is 5.97 Å². The SMILES string of the molecule is COC(=O)C[C@H](C)N(C)Cc1ccccc1. The van der Waals surface area contributed by atoms with Crippen LogP contribution in [0.15, 0.2) is 30.3 Å². The van der Waals surface area contributed by atoms with E-state index in [4.69, 9.17) is 0 Å². The van der Waals surface area contributed by atoms with E-state index in [1.54, 1.807) is 0 Å². The number of esters is 1. The molecule has 88 valence electrons. The molecule has 1 rings (SSSR count). The predicted octanol–water partition coefficient (Wildman–Crippen LogP) is 2.07. The fourth-order valence-electron chi connectivity index (χ4n) is 1.51. The van der Waals surface area contributed by atoms with Gasteiger partial charge in [0, 0.05) is 12.6 Å². The largest absolute Gasteiger partial charge is 0.469 e. The summed E-state index contributed by atoms with van der Waals surface area (Å²) in [6, 6.07) is 10.4. The first kappa shape index (κ1) is 12.7. The summed E-state index contributed by atoms with van der Waals surface area (Å²) in [4.78, 5) is 13.3. The molecule has 0 heterocycles. The monoisotopic (exact) mass is 221 g/mol. The van der Waals surface area contributed by atoms with E-state index in [9.17, 15) is 4.79 Å². The third kappa shape index (κ3) is 4.03. The molecule has 3 heteroatoms. The summed E-state index contributed by atoms with van der Waals surface area (Å²) in [5, 5.41) is 0. The lowest BCUT2D eigenvalue weighted by molar-refractivity contribution is -0.141. The van der Waals surface area contributed by atoms with E-state index in [0.717, 1.165) is 6.54 Å². The molecule has 0 saturated carbocycles. The average molecular weight is 221 g/mol. The molecule has 16 heavy (non-hydrogen) atoms. The number of hydrogen-bond donors (Lipinski definition) is 0. The van der Waals surface area contributed by atoms with Gasteiger partial charge in [-0.25, -0.2) is 0 Å². The van der Waals surface area contributed by atoms with Crippen LogP contribution in [0, 0.1) is 0 Å². The molecule has 0 aliphatic heterocycles. The van der Waals surface area contributed by atoms with Crippen LogP contribution in [0.25, 0.3) is 0 Å². The first-order valence-corrected chi connectivity index (χ1v) is 5.44. The van der Waals surface area contributed by atoms with Gasteiger partial charge in [-0.15, -0.1) is 0 Å². The standard InChI is InChI=1S/C13H19NO2/c1-11(9-13(15)16-3)14(2)10-12-7-5-4-6-8-12/h4-8,11H,9-10H2,1-3H3/t11-/m0/s1. The van der Waals surface area contributed by atoms with Crippen molar-refractivity contribution in [1.29, 1.82) is 0 Å². The van der Waals surface area contributed by atoms with E-state index in [-0.39, 0.29) is 12.0 Å². The number of rotatable bonds is 5. The van der Waals surface area contributed by atoms with Crippen molar-refractivity contribution in [2.75, 3.05) is 14.2 Å². The molecular formula is C13H19NO2. The van der Waals surface area contributed by atoms with Crippen LogP contribution in [-0.2, 0) is 16.1 Å². The van der Waals surface area contributed by atoms with Gasteiger partial charge in [0.1, 0.15) is 0 Å². The molecule has 1 atom stereocenters. The molecule has 0 aliphatic carbocycles. The molecule has 0 spiro atoms. The minimum Gasteiger partial charge on any atom is -0.469 e. The number of carbonyl (C=O) groups is 1. The number of hydrogen-bond acceptors (Lipinski definition) is 3. The summed E-state index contributed by atoms with van der Waals surface area (Å²) in [6.07, 6.45) is 0.430. The summed E-state index contributed by atoms with van der Waals surface area (Å²) in [7, 11) is 3.44. The summed E-state index contributed by atoms with van der Waals surface area (Å²) >= 11 is 0. The maximum Gasteiger partial charge on any atom is 0.307 e. The van der Waals surface area contributed by atoms with Crippen LogP contribution < -0.4 is 0 Å². The van der Waals surface area contributed by atoms with Gasteiger partial charge in [0.2, 0.25) is 0 Å². The van der Waals surface area contributed by atoms with Crippen LogP contribution in [0.5, 0.6) is 0 Å². The first-order valence-electron chi connectivity index (χ1n) is 5.44. The summed E-state index contributed by atoms with van der Waals surface area (Å²) < 4.78 is 4.66. The molecule has 0 radical (unpaired) electrons. The topological polar surface area (TPSA) is 29.5 Å². The zero-order valence-electron chi connectivity index (χ0n) is 10.1. The van der Waals surface area contributed by atoms with Gasteiger partial charge in [-0.1, -0.05) is 30.3 Å². The van der Waals surface area contributed by atoms with Gasteiger partial charge in [-0.3, -0.25) is 9.69 Å². The van der Waals surface area contributed by atoms with E-state index in [2.05, 4.69) is 21.8 Å². The Morgan fingerprint density at radius 3 is 2.56 bits per heavy atom. The van der Waals surface area contributed by atoms with Crippen LogP contribution in [0.4, 0.5) is 0 Å². The maximum atomic E-state index is 11.1. The Labute approximate surface area is 97.0 Å². The van der Waals surface area contributed by atoms with E-state index in [1.807, 2.05) is 32.2 Å². The van der Waals surface area contributed by atoms with Crippen LogP contribution in [0.3, 0.4) is 0 Å². The molecule has 0 unspecified atom stereocenters. The molecule has 0 saturated heterocycles. The summed E-state index contributed by atoms with van der Waals surface area (Å²) in [6.45, 7) is 2.87. The second-order valence-corrected chi connectivity index (χ2v) is 4.03. The van der Waals surface area contributed by atoms with Gasteiger partial charge in [0.25, 0.3) is 0 Å². The van der Waals surface area contributed by atoms with Crippen molar-refractivity contribution >= 4 is 5.97 Å². The second kappa shape index (κ2) is 6.28. The highest BCUT2D eigenvalue weighted by molar-refractivity contribution is 5.69. The Morgan fingerprint density at radius 1 is 1.38 bits per heavy atom. The zero-order valence-corrected chi connectivity index (χ0v) is 10.1. The predicted molar refractivity (Wildman–Crippen MR) is 64.0 cm³/mol. The fourth-order valence-corrected chi connectivity index (χ4v) is 1.51. The Bertz CT molecular complexity index is 324. The number of ether oxygens (including phenoxy) is 1. The maximum absolute atomic E-state index is 11.1. The number of methoxy groups -OCH3 is 1. The van der Waals surface area contributed by atoms with E-state index in [1.165, 1.54) is 12.7 Å². The lowest BCUT2D eigenvalue weighted by Crippen LogP contribution is -2.30. The zero-order chi connectivity index (χ0) is 12.0. The molecule has 0 amide bonds. The number of benzene rings is 1. The van der Waals surface area contributed by atoms with Crippen LogP contribution >= 0.6 is 0 Å². The van der Waals surface area contributed by atoms with Gasteiger partial charge in [-0.2, -0.15) is 0 Å². The van der Waals surface area contributed by atoms with Crippen molar-refractivity contribution in [1.82, 2.24) is 4.90 Å². The molecule has 0 N–H and O–H groups in total. The molecule has 3 nitrogen and oxygen atoms in total. The molecule has 0 bridgehead atoms. The average Bonchev–Trinajstić information content (AvgIpc) is 2.30. The highest BCUT2D eigenvalue weighted by Gasteiger charge is 2.13. The van der Waals surface area contributed by atoms with E-state index in [0.29, 0.717) is 6.42 Å². The minimum absolute atomic E-state index is 0.160. The minimum atomic E-state index is -0.160. The molecule has 1 aromatic carbocycles. The normalized spacial score (nSPS) is 12.5. The van der Waals surface area contributed by atoms with Gasteiger partial charge in [0.05, 0.1) is 13.5 Å². The van der Waals surface area contributed by atoms with Crippen LogP contribution in [-0.4, -0.2) is 31.1 Å². The van der Waals surface area contributed by atoms with Gasteiger partial charge in [0.15, 0.2) is 0 Å².